The van der Waals surface area contributed by atoms with Crippen molar-refractivity contribution in [2.24, 2.45) is 0 Å². The van der Waals surface area contributed by atoms with Gasteiger partial charge in [0, 0.05) is 34.9 Å². The first-order valence-corrected chi connectivity index (χ1v) is 9.65. The SMILES string of the molecule is Cc1cnc(-c2cc(NC(=O)c3ccc(OCc4ccccn4)cc3)ccc2C)[nH]1. The Morgan fingerprint density at radius 3 is 2.57 bits per heavy atom. The van der Waals surface area contributed by atoms with E-state index in [1.165, 1.54) is 0 Å². The zero-order chi connectivity index (χ0) is 20.9. The number of aryl methyl sites for hydroxylation is 2. The number of H-pyrrole nitrogens is 1. The lowest BCUT2D eigenvalue weighted by molar-refractivity contribution is 0.102. The van der Waals surface area contributed by atoms with E-state index in [-0.39, 0.29) is 5.91 Å². The number of ether oxygens (including phenoxy) is 1. The van der Waals surface area contributed by atoms with Crippen LogP contribution in [0.5, 0.6) is 5.75 Å². The van der Waals surface area contributed by atoms with E-state index in [9.17, 15) is 4.79 Å². The second-order valence-electron chi connectivity index (χ2n) is 7.03. The van der Waals surface area contributed by atoms with Crippen LogP contribution in [0.2, 0.25) is 0 Å². The number of carbonyl (C=O) groups is 1. The van der Waals surface area contributed by atoms with Gasteiger partial charge in [0.2, 0.25) is 0 Å². The fourth-order valence-electron chi connectivity index (χ4n) is 3.05. The molecule has 0 aliphatic rings. The molecule has 4 rings (SSSR count). The summed E-state index contributed by atoms with van der Waals surface area (Å²) in [6.07, 6.45) is 3.52. The maximum Gasteiger partial charge on any atom is 0.255 e. The van der Waals surface area contributed by atoms with Crippen molar-refractivity contribution in [2.75, 3.05) is 5.32 Å². The van der Waals surface area contributed by atoms with Crippen molar-refractivity contribution in [3.63, 3.8) is 0 Å². The number of imidazole rings is 1. The molecule has 0 saturated carbocycles. The fourth-order valence-corrected chi connectivity index (χ4v) is 3.05. The van der Waals surface area contributed by atoms with Crippen LogP contribution in [-0.4, -0.2) is 20.9 Å². The molecule has 2 N–H and O–H groups in total. The lowest BCUT2D eigenvalue weighted by Crippen LogP contribution is -2.12. The maximum absolute atomic E-state index is 12.7. The zero-order valence-electron chi connectivity index (χ0n) is 16.8. The van der Waals surface area contributed by atoms with Gasteiger partial charge >= 0.3 is 0 Å². The number of rotatable bonds is 6. The van der Waals surface area contributed by atoms with Crippen LogP contribution < -0.4 is 10.1 Å². The summed E-state index contributed by atoms with van der Waals surface area (Å²) in [5.74, 6) is 1.29. The third-order valence-corrected chi connectivity index (χ3v) is 4.68. The average Bonchev–Trinajstić information content (AvgIpc) is 3.20. The topological polar surface area (TPSA) is 79.9 Å². The highest BCUT2D eigenvalue weighted by atomic mass is 16.5. The number of hydrogen-bond donors (Lipinski definition) is 2. The Morgan fingerprint density at radius 2 is 1.87 bits per heavy atom. The van der Waals surface area contributed by atoms with E-state index in [1.54, 1.807) is 36.7 Å². The molecule has 2 aromatic carbocycles. The van der Waals surface area contributed by atoms with E-state index in [0.29, 0.717) is 23.6 Å². The quantitative estimate of drug-likeness (QED) is 0.483. The highest BCUT2D eigenvalue weighted by Gasteiger charge is 2.10. The van der Waals surface area contributed by atoms with Crippen molar-refractivity contribution in [3.8, 4) is 17.1 Å². The van der Waals surface area contributed by atoms with E-state index in [0.717, 1.165) is 28.3 Å². The summed E-state index contributed by atoms with van der Waals surface area (Å²) >= 11 is 0. The summed E-state index contributed by atoms with van der Waals surface area (Å²) in [5, 5.41) is 2.95. The lowest BCUT2D eigenvalue weighted by atomic mass is 10.1. The van der Waals surface area contributed by atoms with Crippen LogP contribution in [0.1, 0.15) is 27.3 Å². The average molecular weight is 398 g/mol. The molecule has 0 aliphatic heterocycles. The van der Waals surface area contributed by atoms with E-state index in [2.05, 4.69) is 20.3 Å². The van der Waals surface area contributed by atoms with Gasteiger partial charge in [0.15, 0.2) is 0 Å². The third-order valence-electron chi connectivity index (χ3n) is 4.68. The highest BCUT2D eigenvalue weighted by Crippen LogP contribution is 2.25. The first-order chi connectivity index (χ1) is 14.6. The van der Waals surface area contributed by atoms with Gasteiger partial charge in [-0.05, 0) is 67.9 Å². The normalized spacial score (nSPS) is 10.6. The van der Waals surface area contributed by atoms with Crippen LogP contribution >= 0.6 is 0 Å². The Bertz CT molecular complexity index is 1150. The molecule has 2 aromatic heterocycles. The van der Waals surface area contributed by atoms with Gasteiger partial charge in [-0.1, -0.05) is 12.1 Å². The minimum absolute atomic E-state index is 0.184. The number of aromatic nitrogens is 3. The molecule has 6 heteroatoms. The molecule has 30 heavy (non-hydrogen) atoms. The summed E-state index contributed by atoms with van der Waals surface area (Å²) < 4.78 is 5.72. The number of nitrogens with zero attached hydrogens (tertiary/aromatic N) is 2. The minimum Gasteiger partial charge on any atom is -0.487 e. The van der Waals surface area contributed by atoms with Crippen molar-refractivity contribution in [1.29, 1.82) is 0 Å². The van der Waals surface area contributed by atoms with Gasteiger partial charge in [-0.15, -0.1) is 0 Å². The highest BCUT2D eigenvalue weighted by molar-refractivity contribution is 6.04. The second-order valence-corrected chi connectivity index (χ2v) is 7.03. The number of aromatic amines is 1. The van der Waals surface area contributed by atoms with Gasteiger partial charge in [0.1, 0.15) is 18.2 Å². The van der Waals surface area contributed by atoms with E-state index in [4.69, 9.17) is 4.74 Å². The third kappa shape index (κ3) is 4.55. The predicted octanol–water partition coefficient (Wildman–Crippen LogP) is 4.92. The van der Waals surface area contributed by atoms with Crippen LogP contribution in [-0.2, 0) is 6.61 Å². The van der Waals surface area contributed by atoms with Gasteiger partial charge in [-0.25, -0.2) is 4.98 Å². The van der Waals surface area contributed by atoms with Gasteiger partial charge in [-0.2, -0.15) is 0 Å². The smallest absolute Gasteiger partial charge is 0.255 e. The molecule has 0 aliphatic carbocycles. The Kier molecular flexibility index (Phi) is 5.57. The molecule has 6 nitrogen and oxygen atoms in total. The Balaban J connectivity index is 1.42. The molecule has 2 heterocycles. The molecule has 0 unspecified atom stereocenters. The second kappa shape index (κ2) is 8.61. The molecule has 0 bridgehead atoms. The molecule has 0 spiro atoms. The molecule has 0 radical (unpaired) electrons. The standard InChI is InChI=1S/C24H22N4O2/c1-16-6-9-19(13-22(16)23-26-14-17(2)27-23)28-24(29)18-7-10-21(11-8-18)30-15-20-5-3-4-12-25-20/h3-14H,15H2,1-2H3,(H,26,27)(H,28,29). The van der Waals surface area contributed by atoms with Gasteiger partial charge < -0.3 is 15.0 Å². The summed E-state index contributed by atoms with van der Waals surface area (Å²) in [6, 6.07) is 18.5. The number of carbonyl (C=O) groups excluding carboxylic acids is 1. The monoisotopic (exact) mass is 398 g/mol. The van der Waals surface area contributed by atoms with Crippen molar-refractivity contribution < 1.29 is 9.53 Å². The summed E-state index contributed by atoms with van der Waals surface area (Å²) in [6.45, 7) is 4.36. The lowest BCUT2D eigenvalue weighted by Gasteiger charge is -2.10. The van der Waals surface area contributed by atoms with Gasteiger partial charge in [-0.3, -0.25) is 9.78 Å². The van der Waals surface area contributed by atoms with Crippen LogP contribution in [0, 0.1) is 13.8 Å². The van der Waals surface area contributed by atoms with Crippen LogP contribution in [0.25, 0.3) is 11.4 Å². The first-order valence-electron chi connectivity index (χ1n) is 9.65. The van der Waals surface area contributed by atoms with Gasteiger partial charge in [0.05, 0.1) is 5.69 Å². The summed E-state index contributed by atoms with van der Waals surface area (Å²) in [5.41, 5.74) is 5.14. The largest absolute Gasteiger partial charge is 0.487 e. The molecule has 0 saturated heterocycles. The van der Waals surface area contributed by atoms with Crippen LogP contribution in [0.4, 0.5) is 5.69 Å². The molecule has 0 fully saturated rings. The predicted molar refractivity (Wildman–Crippen MR) is 116 cm³/mol. The summed E-state index contributed by atoms with van der Waals surface area (Å²) in [4.78, 5) is 24.5. The molecule has 0 atom stereocenters. The Hall–Kier alpha value is -3.93. The van der Waals surface area contributed by atoms with Gasteiger partial charge in [0.25, 0.3) is 5.91 Å². The molecule has 4 aromatic rings. The fraction of sp³-hybridized carbons (Fsp3) is 0.125. The van der Waals surface area contributed by atoms with Crippen molar-refractivity contribution >= 4 is 11.6 Å². The minimum atomic E-state index is -0.184. The summed E-state index contributed by atoms with van der Waals surface area (Å²) in [7, 11) is 0. The molecule has 1 amide bonds. The van der Waals surface area contributed by atoms with E-state index in [1.807, 2.05) is 50.2 Å². The maximum atomic E-state index is 12.7. The van der Waals surface area contributed by atoms with Crippen molar-refractivity contribution in [3.05, 3.63) is 95.6 Å². The Labute approximate surface area is 175 Å². The van der Waals surface area contributed by atoms with E-state index < -0.39 is 0 Å². The van der Waals surface area contributed by atoms with Crippen LogP contribution in [0.3, 0.4) is 0 Å². The number of pyridine rings is 1. The number of nitrogens with one attached hydrogen (secondary N) is 2. The van der Waals surface area contributed by atoms with Crippen molar-refractivity contribution in [2.45, 2.75) is 20.5 Å². The number of anilines is 1. The Morgan fingerprint density at radius 1 is 1.03 bits per heavy atom. The molecular formula is C24H22N4O2. The number of hydrogen-bond acceptors (Lipinski definition) is 4. The zero-order valence-corrected chi connectivity index (χ0v) is 16.8. The molecule has 150 valence electrons. The van der Waals surface area contributed by atoms with Crippen LogP contribution in [0.15, 0.2) is 73.1 Å². The number of benzene rings is 2. The first kappa shape index (κ1) is 19.4. The number of amides is 1. The van der Waals surface area contributed by atoms with E-state index >= 15 is 0 Å². The van der Waals surface area contributed by atoms with Crippen molar-refractivity contribution in [1.82, 2.24) is 15.0 Å². The molecular weight excluding hydrogens is 376 g/mol.